The number of epoxide rings is 1. The molecule has 1 saturated heterocycles. The van der Waals surface area contributed by atoms with Crippen LogP contribution in [0.5, 0.6) is 0 Å². The Morgan fingerprint density at radius 1 is 1.92 bits per heavy atom. The van der Waals surface area contributed by atoms with E-state index in [1.165, 1.54) is 6.20 Å². The zero-order valence-corrected chi connectivity index (χ0v) is 7.11. The summed E-state index contributed by atoms with van der Waals surface area (Å²) in [5.41, 5.74) is -0.161. The Balaban J connectivity index is 2.09. The molecule has 0 saturated carbocycles. The van der Waals surface area contributed by atoms with E-state index in [1.54, 1.807) is 0 Å². The molecule has 1 aliphatic heterocycles. The van der Waals surface area contributed by atoms with E-state index in [2.05, 4.69) is 9.97 Å². The van der Waals surface area contributed by atoms with E-state index in [0.717, 1.165) is 0 Å². The van der Waals surface area contributed by atoms with Crippen LogP contribution in [0.3, 0.4) is 0 Å². The second-order valence-electron chi connectivity index (χ2n) is 3.38. The van der Waals surface area contributed by atoms with Gasteiger partial charge in [-0.3, -0.25) is 0 Å². The highest BCUT2D eigenvalue weighted by atomic mass is 16.6. The molecule has 0 aromatic carbocycles. The molecular formula is C7H9N3O3. The summed E-state index contributed by atoms with van der Waals surface area (Å²) in [6.45, 7) is 2.64. The third-order valence-electron chi connectivity index (χ3n) is 1.98. The van der Waals surface area contributed by atoms with E-state index in [-0.39, 0.29) is 11.4 Å². The number of H-pyrrole nitrogens is 1. The summed E-state index contributed by atoms with van der Waals surface area (Å²) in [7, 11) is 0. The van der Waals surface area contributed by atoms with Crippen molar-refractivity contribution in [1.29, 1.82) is 0 Å². The number of ether oxygens (including phenoxy) is 1. The highest BCUT2D eigenvalue weighted by Crippen LogP contribution is 2.29. The average molecular weight is 183 g/mol. The molecule has 0 amide bonds. The molecule has 1 N–H and O–H groups in total. The van der Waals surface area contributed by atoms with E-state index in [1.807, 2.05) is 6.92 Å². The number of nitro groups is 1. The van der Waals surface area contributed by atoms with Gasteiger partial charge in [0.1, 0.15) is 6.20 Å². The van der Waals surface area contributed by atoms with Gasteiger partial charge >= 0.3 is 5.82 Å². The number of aromatic nitrogens is 2. The third kappa shape index (κ3) is 1.67. The SMILES string of the molecule is C[C@@]1(Cc2nc([N+](=O)[O-])c[nH]2)CO1. The molecule has 1 fully saturated rings. The van der Waals surface area contributed by atoms with Crippen LogP contribution in [-0.4, -0.2) is 27.1 Å². The lowest BCUT2D eigenvalue weighted by molar-refractivity contribution is -0.389. The van der Waals surface area contributed by atoms with Crippen molar-refractivity contribution in [2.75, 3.05) is 6.61 Å². The summed E-state index contributed by atoms with van der Waals surface area (Å²) in [6.07, 6.45) is 1.89. The van der Waals surface area contributed by atoms with Crippen molar-refractivity contribution in [3.05, 3.63) is 22.1 Å². The number of rotatable bonds is 3. The Hall–Kier alpha value is -1.43. The molecule has 0 aliphatic carbocycles. The fourth-order valence-electron chi connectivity index (χ4n) is 1.11. The zero-order valence-electron chi connectivity index (χ0n) is 7.11. The second-order valence-corrected chi connectivity index (χ2v) is 3.38. The van der Waals surface area contributed by atoms with E-state index >= 15 is 0 Å². The Morgan fingerprint density at radius 3 is 3.08 bits per heavy atom. The van der Waals surface area contributed by atoms with Crippen LogP contribution in [0.1, 0.15) is 12.7 Å². The van der Waals surface area contributed by atoms with Crippen LogP contribution >= 0.6 is 0 Å². The van der Waals surface area contributed by atoms with Crippen LogP contribution in [-0.2, 0) is 11.2 Å². The molecule has 1 atom stereocenters. The van der Waals surface area contributed by atoms with Gasteiger partial charge in [0.25, 0.3) is 0 Å². The maximum atomic E-state index is 10.3. The van der Waals surface area contributed by atoms with Crippen LogP contribution in [0.15, 0.2) is 6.20 Å². The van der Waals surface area contributed by atoms with Gasteiger partial charge in [0.15, 0.2) is 0 Å². The first-order valence-corrected chi connectivity index (χ1v) is 3.92. The molecule has 13 heavy (non-hydrogen) atoms. The average Bonchev–Trinajstić information content (AvgIpc) is 2.62. The lowest BCUT2D eigenvalue weighted by Gasteiger charge is -1.95. The number of hydrogen-bond donors (Lipinski definition) is 1. The van der Waals surface area contributed by atoms with E-state index in [9.17, 15) is 10.1 Å². The fourth-order valence-corrected chi connectivity index (χ4v) is 1.11. The van der Waals surface area contributed by atoms with Gasteiger partial charge in [-0.15, -0.1) is 0 Å². The second kappa shape index (κ2) is 2.53. The van der Waals surface area contributed by atoms with E-state index < -0.39 is 4.92 Å². The van der Waals surface area contributed by atoms with Crippen molar-refractivity contribution in [1.82, 2.24) is 9.97 Å². The molecular weight excluding hydrogens is 174 g/mol. The Bertz CT molecular complexity index is 343. The van der Waals surface area contributed by atoms with Gasteiger partial charge in [-0.1, -0.05) is 0 Å². The summed E-state index contributed by atoms with van der Waals surface area (Å²) in [5, 5.41) is 10.3. The smallest absolute Gasteiger partial charge is 0.369 e. The van der Waals surface area contributed by atoms with Crippen LogP contribution < -0.4 is 0 Å². The maximum Gasteiger partial charge on any atom is 0.381 e. The van der Waals surface area contributed by atoms with Crippen LogP contribution in [0.2, 0.25) is 0 Å². The zero-order chi connectivity index (χ0) is 9.47. The first-order chi connectivity index (χ1) is 6.09. The van der Waals surface area contributed by atoms with Crippen molar-refractivity contribution in [2.24, 2.45) is 0 Å². The number of hydrogen-bond acceptors (Lipinski definition) is 4. The van der Waals surface area contributed by atoms with Gasteiger partial charge in [-0.2, -0.15) is 0 Å². The summed E-state index contributed by atoms with van der Waals surface area (Å²) in [6, 6.07) is 0. The molecule has 0 unspecified atom stereocenters. The Morgan fingerprint density at radius 2 is 2.62 bits per heavy atom. The lowest BCUT2D eigenvalue weighted by Crippen LogP contribution is -2.09. The highest BCUT2D eigenvalue weighted by Gasteiger charge is 2.41. The molecule has 70 valence electrons. The van der Waals surface area contributed by atoms with Crippen molar-refractivity contribution >= 4 is 5.82 Å². The third-order valence-corrected chi connectivity index (χ3v) is 1.98. The van der Waals surface area contributed by atoms with Crippen molar-refractivity contribution in [2.45, 2.75) is 18.9 Å². The maximum absolute atomic E-state index is 10.3. The van der Waals surface area contributed by atoms with Gasteiger partial charge in [-0.25, -0.2) is 0 Å². The molecule has 1 aromatic rings. The van der Waals surface area contributed by atoms with E-state index in [0.29, 0.717) is 18.9 Å². The minimum atomic E-state index is -0.518. The van der Waals surface area contributed by atoms with Crippen LogP contribution in [0, 0.1) is 10.1 Å². The minimum absolute atomic E-state index is 0.140. The number of aromatic amines is 1. The number of nitrogens with one attached hydrogen (secondary N) is 1. The van der Waals surface area contributed by atoms with Crippen molar-refractivity contribution in [3.63, 3.8) is 0 Å². The first-order valence-electron chi connectivity index (χ1n) is 3.92. The molecule has 1 aromatic heterocycles. The molecule has 2 heterocycles. The van der Waals surface area contributed by atoms with Crippen LogP contribution in [0.4, 0.5) is 5.82 Å². The molecule has 0 bridgehead atoms. The molecule has 1 aliphatic rings. The van der Waals surface area contributed by atoms with Gasteiger partial charge in [0.2, 0.25) is 5.82 Å². The first kappa shape index (κ1) is 8.18. The monoisotopic (exact) mass is 183 g/mol. The summed E-state index contributed by atoms with van der Waals surface area (Å²) in [5.74, 6) is 0.464. The summed E-state index contributed by atoms with van der Waals surface area (Å²) in [4.78, 5) is 16.3. The minimum Gasteiger partial charge on any atom is -0.369 e. The molecule has 0 radical (unpaired) electrons. The van der Waals surface area contributed by atoms with E-state index in [4.69, 9.17) is 4.74 Å². The lowest BCUT2D eigenvalue weighted by atomic mass is 10.1. The highest BCUT2D eigenvalue weighted by molar-refractivity contribution is 5.16. The van der Waals surface area contributed by atoms with Gasteiger partial charge in [-0.05, 0) is 16.8 Å². The van der Waals surface area contributed by atoms with Crippen molar-refractivity contribution in [3.8, 4) is 0 Å². The quantitative estimate of drug-likeness (QED) is 0.423. The standard InChI is InChI=1S/C7H9N3O3/c1-7(4-13-7)2-5-8-3-6(9-5)10(11)12/h3H,2,4H2,1H3,(H,8,9)/t7-/m1/s1. The largest absolute Gasteiger partial charge is 0.381 e. The fraction of sp³-hybridized carbons (Fsp3) is 0.571. The molecule has 0 spiro atoms. The topological polar surface area (TPSA) is 84.3 Å². The Labute approximate surface area is 74.1 Å². The molecule has 6 nitrogen and oxygen atoms in total. The normalized spacial score (nSPS) is 25.9. The summed E-state index contributed by atoms with van der Waals surface area (Å²) >= 11 is 0. The van der Waals surface area contributed by atoms with Crippen LogP contribution in [0.25, 0.3) is 0 Å². The Kier molecular flexibility index (Phi) is 1.59. The van der Waals surface area contributed by atoms with Gasteiger partial charge in [0, 0.05) is 0 Å². The van der Waals surface area contributed by atoms with Gasteiger partial charge < -0.3 is 19.8 Å². The predicted octanol–water partition coefficient (Wildman–Crippen LogP) is 0.649. The number of imidazole rings is 1. The summed E-state index contributed by atoms with van der Waals surface area (Å²) < 4.78 is 5.14. The van der Waals surface area contributed by atoms with Gasteiger partial charge in [0.05, 0.1) is 18.6 Å². The van der Waals surface area contributed by atoms with Crippen molar-refractivity contribution < 1.29 is 9.66 Å². The molecule has 6 heteroatoms. The number of nitrogens with zero attached hydrogens (tertiary/aromatic N) is 2. The predicted molar refractivity (Wildman–Crippen MR) is 43.3 cm³/mol. The molecule has 2 rings (SSSR count).